The monoisotopic (exact) mass is 322 g/mol. The molecule has 6 nitrogen and oxygen atoms in total. The first kappa shape index (κ1) is 17.6. The van der Waals surface area contributed by atoms with Gasteiger partial charge in [-0.05, 0) is 50.8 Å². The molecule has 1 heterocycles. The smallest absolute Gasteiger partial charge is 0.411 e. The van der Waals surface area contributed by atoms with Crippen molar-refractivity contribution in [2.24, 2.45) is 0 Å². The van der Waals surface area contributed by atoms with Gasteiger partial charge in [0.2, 0.25) is 0 Å². The van der Waals surface area contributed by atoms with Crippen LogP contribution in [0.3, 0.4) is 0 Å². The van der Waals surface area contributed by atoms with Gasteiger partial charge in [-0.15, -0.1) is 0 Å². The van der Waals surface area contributed by atoms with Crippen molar-refractivity contribution >= 4 is 11.8 Å². The molecule has 0 bridgehead atoms. The van der Waals surface area contributed by atoms with Crippen molar-refractivity contribution in [3.63, 3.8) is 0 Å². The Morgan fingerprint density at radius 2 is 2.13 bits per heavy atom. The highest BCUT2D eigenvalue weighted by Gasteiger charge is 2.21. The quantitative estimate of drug-likeness (QED) is 0.625. The number of piperidine rings is 1. The summed E-state index contributed by atoms with van der Waals surface area (Å²) in [4.78, 5) is 11.7. The van der Waals surface area contributed by atoms with Crippen LogP contribution in [0, 0.1) is 0 Å². The van der Waals surface area contributed by atoms with Crippen LogP contribution in [0.25, 0.3) is 0 Å². The normalized spacial score (nSPS) is 21.2. The van der Waals surface area contributed by atoms with Crippen LogP contribution in [0.15, 0.2) is 18.2 Å². The molecule has 1 saturated heterocycles. The number of hydrogen-bond donors (Lipinski definition) is 4. The molecule has 0 aliphatic carbocycles. The standard InChI is InChI=1S/C17H26N2O4/c1-11(2)23-17(22)19-15-9-12(6-7-16(15)21)8-13-4-3-5-14(10-20)18-13/h6-7,9,11,13-14,18,20-21H,3-5,8,10H2,1-2H3,(H,19,22). The average Bonchev–Trinajstić information content (AvgIpc) is 2.50. The Hall–Kier alpha value is -1.79. The Labute approximate surface area is 136 Å². The van der Waals surface area contributed by atoms with Gasteiger partial charge in [-0.3, -0.25) is 5.32 Å². The number of nitrogens with one attached hydrogen (secondary N) is 2. The van der Waals surface area contributed by atoms with Gasteiger partial charge in [0, 0.05) is 12.1 Å². The number of aliphatic hydroxyl groups excluding tert-OH is 1. The van der Waals surface area contributed by atoms with Crippen LogP contribution >= 0.6 is 0 Å². The second-order valence-electron chi connectivity index (χ2n) is 6.31. The Morgan fingerprint density at radius 1 is 1.39 bits per heavy atom. The van der Waals surface area contributed by atoms with Crippen molar-refractivity contribution in [3.8, 4) is 5.75 Å². The van der Waals surface area contributed by atoms with E-state index in [2.05, 4.69) is 10.6 Å². The molecule has 6 heteroatoms. The van der Waals surface area contributed by atoms with Crippen LogP contribution in [0.2, 0.25) is 0 Å². The van der Waals surface area contributed by atoms with E-state index in [4.69, 9.17) is 4.74 Å². The summed E-state index contributed by atoms with van der Waals surface area (Å²) >= 11 is 0. The van der Waals surface area contributed by atoms with Crippen LogP contribution in [0.1, 0.15) is 38.7 Å². The number of benzene rings is 1. The summed E-state index contributed by atoms with van der Waals surface area (Å²) in [6, 6.07) is 5.64. The first-order chi connectivity index (χ1) is 11.0. The third-order valence-electron chi connectivity index (χ3n) is 3.92. The molecular weight excluding hydrogens is 296 g/mol. The number of ether oxygens (including phenoxy) is 1. The first-order valence-corrected chi connectivity index (χ1v) is 8.14. The zero-order valence-corrected chi connectivity index (χ0v) is 13.7. The third-order valence-corrected chi connectivity index (χ3v) is 3.92. The number of phenolic OH excluding ortho intramolecular Hbond substituents is 1. The molecule has 0 aromatic heterocycles. The summed E-state index contributed by atoms with van der Waals surface area (Å²) in [7, 11) is 0. The topological polar surface area (TPSA) is 90.8 Å². The van der Waals surface area contributed by atoms with Crippen LogP contribution in [-0.2, 0) is 11.2 Å². The fourth-order valence-electron chi connectivity index (χ4n) is 2.86. The summed E-state index contributed by atoms with van der Waals surface area (Å²) in [6.45, 7) is 3.68. The van der Waals surface area contributed by atoms with Gasteiger partial charge in [-0.1, -0.05) is 12.5 Å². The largest absolute Gasteiger partial charge is 0.506 e. The minimum atomic E-state index is -0.580. The van der Waals surface area contributed by atoms with E-state index in [-0.39, 0.29) is 24.5 Å². The number of hydrogen-bond acceptors (Lipinski definition) is 5. The van der Waals surface area contributed by atoms with E-state index < -0.39 is 6.09 Å². The summed E-state index contributed by atoms with van der Waals surface area (Å²) in [5, 5.41) is 25.2. The van der Waals surface area contributed by atoms with Gasteiger partial charge >= 0.3 is 6.09 Å². The lowest BCUT2D eigenvalue weighted by molar-refractivity contribution is 0.130. The van der Waals surface area contributed by atoms with E-state index in [9.17, 15) is 15.0 Å². The first-order valence-electron chi connectivity index (χ1n) is 8.14. The lowest BCUT2D eigenvalue weighted by Crippen LogP contribution is -2.45. The number of amides is 1. The molecule has 1 aromatic carbocycles. The zero-order chi connectivity index (χ0) is 16.8. The Kier molecular flexibility index (Phi) is 6.24. The van der Waals surface area contributed by atoms with Gasteiger partial charge in [-0.25, -0.2) is 4.79 Å². The minimum Gasteiger partial charge on any atom is -0.506 e. The molecule has 0 radical (unpaired) electrons. The summed E-state index contributed by atoms with van der Waals surface area (Å²) in [5.41, 5.74) is 1.36. The van der Waals surface area contributed by atoms with E-state index in [0.717, 1.165) is 31.2 Å². The molecule has 1 aromatic rings. The summed E-state index contributed by atoms with van der Waals surface area (Å²) < 4.78 is 5.03. The number of rotatable bonds is 5. The molecule has 2 atom stereocenters. The molecule has 0 saturated carbocycles. The van der Waals surface area contributed by atoms with E-state index in [0.29, 0.717) is 11.7 Å². The van der Waals surface area contributed by atoms with E-state index >= 15 is 0 Å². The van der Waals surface area contributed by atoms with Crippen LogP contribution < -0.4 is 10.6 Å². The molecule has 4 N–H and O–H groups in total. The second kappa shape index (κ2) is 8.17. The SMILES string of the molecule is CC(C)OC(=O)Nc1cc(CC2CCCC(CO)N2)ccc1O. The molecule has 0 spiro atoms. The highest BCUT2D eigenvalue weighted by Crippen LogP contribution is 2.26. The van der Waals surface area contributed by atoms with Gasteiger partial charge in [-0.2, -0.15) is 0 Å². The maximum atomic E-state index is 11.7. The molecule has 1 aliphatic rings. The predicted octanol–water partition coefficient (Wildman–Crippen LogP) is 2.39. The van der Waals surface area contributed by atoms with Gasteiger partial charge in [0.15, 0.2) is 0 Å². The van der Waals surface area contributed by atoms with Crippen LogP contribution in [0.5, 0.6) is 5.75 Å². The minimum absolute atomic E-state index is 0.0132. The Balaban J connectivity index is 2.00. The molecular formula is C17H26N2O4. The van der Waals surface area contributed by atoms with E-state index in [1.165, 1.54) is 0 Å². The van der Waals surface area contributed by atoms with E-state index in [1.807, 2.05) is 6.07 Å². The summed E-state index contributed by atoms with van der Waals surface area (Å²) in [5.74, 6) is 0.0132. The van der Waals surface area contributed by atoms with Crippen molar-refractivity contribution in [3.05, 3.63) is 23.8 Å². The number of carbonyl (C=O) groups is 1. The molecule has 2 unspecified atom stereocenters. The second-order valence-corrected chi connectivity index (χ2v) is 6.31. The number of carbonyl (C=O) groups excluding carboxylic acids is 1. The van der Waals surface area contributed by atoms with Crippen LogP contribution in [-0.4, -0.2) is 41.1 Å². The molecule has 128 valence electrons. The maximum Gasteiger partial charge on any atom is 0.411 e. The third kappa shape index (κ3) is 5.41. The van der Waals surface area contributed by atoms with Crippen molar-refractivity contribution in [1.29, 1.82) is 0 Å². The molecule has 1 amide bonds. The van der Waals surface area contributed by atoms with Gasteiger partial charge in [0.05, 0.1) is 18.4 Å². The summed E-state index contributed by atoms with van der Waals surface area (Å²) in [6.07, 6.45) is 3.12. The Bertz CT molecular complexity index is 533. The number of aromatic hydroxyl groups is 1. The number of phenols is 1. The molecule has 2 rings (SSSR count). The zero-order valence-electron chi connectivity index (χ0n) is 13.7. The fraction of sp³-hybridized carbons (Fsp3) is 0.588. The number of anilines is 1. The highest BCUT2D eigenvalue weighted by molar-refractivity contribution is 5.86. The predicted molar refractivity (Wildman–Crippen MR) is 88.7 cm³/mol. The highest BCUT2D eigenvalue weighted by atomic mass is 16.6. The van der Waals surface area contributed by atoms with Gasteiger partial charge < -0.3 is 20.3 Å². The van der Waals surface area contributed by atoms with Gasteiger partial charge in [0.1, 0.15) is 5.75 Å². The van der Waals surface area contributed by atoms with Crippen molar-refractivity contribution < 1.29 is 19.7 Å². The Morgan fingerprint density at radius 3 is 2.83 bits per heavy atom. The van der Waals surface area contributed by atoms with Gasteiger partial charge in [0.25, 0.3) is 0 Å². The van der Waals surface area contributed by atoms with E-state index in [1.54, 1.807) is 26.0 Å². The molecule has 1 fully saturated rings. The molecule has 1 aliphatic heterocycles. The van der Waals surface area contributed by atoms with Crippen LogP contribution in [0.4, 0.5) is 10.5 Å². The maximum absolute atomic E-state index is 11.7. The average molecular weight is 322 g/mol. The lowest BCUT2D eigenvalue weighted by Gasteiger charge is -2.30. The van der Waals surface area contributed by atoms with Crippen molar-refractivity contribution in [2.45, 2.75) is 57.7 Å². The molecule has 23 heavy (non-hydrogen) atoms. The van der Waals surface area contributed by atoms with Crippen molar-refractivity contribution in [2.75, 3.05) is 11.9 Å². The fourth-order valence-corrected chi connectivity index (χ4v) is 2.86. The lowest BCUT2D eigenvalue weighted by atomic mass is 9.94. The van der Waals surface area contributed by atoms with Crippen molar-refractivity contribution in [1.82, 2.24) is 5.32 Å². The number of aliphatic hydroxyl groups is 1.